The molecule has 1 rings (SSSR count). The van der Waals surface area contributed by atoms with Gasteiger partial charge in [0.2, 0.25) is 11.8 Å². The summed E-state index contributed by atoms with van der Waals surface area (Å²) in [7, 11) is 1.34. The average molecular weight is 449 g/mol. The summed E-state index contributed by atoms with van der Waals surface area (Å²) in [4.78, 5) is 60.7. The lowest BCUT2D eigenvalue weighted by Crippen LogP contribution is -2.54. The molecular formula is C20H27N5O7. The lowest BCUT2D eigenvalue weighted by molar-refractivity contribution is -0.144. The molecule has 0 radical (unpaired) electrons. The first-order valence-electron chi connectivity index (χ1n) is 9.57. The zero-order valence-corrected chi connectivity index (χ0v) is 17.9. The molecule has 7 N–H and O–H groups in total. The molecule has 1 aromatic rings. The number of carbonyl (C=O) groups excluding carboxylic acids is 3. The number of amidine groups is 1. The largest absolute Gasteiger partial charge is 0.481 e. The van der Waals surface area contributed by atoms with E-state index in [2.05, 4.69) is 10.6 Å². The van der Waals surface area contributed by atoms with Gasteiger partial charge in [0.05, 0.1) is 13.0 Å². The van der Waals surface area contributed by atoms with Crippen molar-refractivity contribution < 1.29 is 34.2 Å². The third-order valence-electron chi connectivity index (χ3n) is 4.43. The number of hydrogen-bond donors (Lipinski definition) is 6. The molecule has 0 aliphatic carbocycles. The Kier molecular flexibility index (Phi) is 9.32. The van der Waals surface area contributed by atoms with Crippen molar-refractivity contribution in [3.05, 3.63) is 35.4 Å². The van der Waals surface area contributed by atoms with Crippen LogP contribution in [0.5, 0.6) is 0 Å². The van der Waals surface area contributed by atoms with E-state index in [0.717, 1.165) is 4.90 Å². The van der Waals surface area contributed by atoms with Gasteiger partial charge in [0.25, 0.3) is 5.91 Å². The summed E-state index contributed by atoms with van der Waals surface area (Å²) >= 11 is 0. The summed E-state index contributed by atoms with van der Waals surface area (Å²) in [6.45, 7) is 2.64. The van der Waals surface area contributed by atoms with Gasteiger partial charge >= 0.3 is 11.9 Å². The molecule has 0 aromatic heterocycles. The second kappa shape index (κ2) is 11.4. The van der Waals surface area contributed by atoms with Crippen LogP contribution in [0.1, 0.15) is 36.2 Å². The fourth-order valence-electron chi connectivity index (χ4n) is 2.69. The van der Waals surface area contributed by atoms with Crippen LogP contribution < -0.4 is 16.4 Å². The number of nitrogens with one attached hydrogen (secondary N) is 3. The summed E-state index contributed by atoms with van der Waals surface area (Å²) < 4.78 is 0. The van der Waals surface area contributed by atoms with Crippen molar-refractivity contribution in [2.45, 2.75) is 32.4 Å². The molecule has 174 valence electrons. The SMILES string of the molecule is CC(C)[C@H](NC(=O)[C@H](CC(=O)O)NC(=O)CN(C)C(=O)c1ccc(C(=N)N)cc1)C(=O)O. The maximum absolute atomic E-state index is 12.5. The minimum Gasteiger partial charge on any atom is -0.481 e. The number of nitrogens with two attached hydrogens (primary N) is 1. The predicted molar refractivity (Wildman–Crippen MR) is 113 cm³/mol. The first kappa shape index (κ1) is 26.1. The standard InChI is InChI=1S/C20H27N5O7/c1-10(2)16(20(31)32)24-18(29)13(8-15(27)28)23-14(26)9-25(3)19(30)12-6-4-11(5-7-12)17(21)22/h4-7,10,13,16H,8-9H2,1-3H3,(H3,21,22)(H,23,26)(H,24,29)(H,27,28)(H,31,32)/t13-,16-/m0/s1. The Hall–Kier alpha value is -3.96. The van der Waals surface area contributed by atoms with Gasteiger partial charge in [0.1, 0.15) is 17.9 Å². The van der Waals surface area contributed by atoms with Crippen molar-refractivity contribution in [1.29, 1.82) is 5.41 Å². The molecule has 12 nitrogen and oxygen atoms in total. The number of aliphatic carboxylic acids is 2. The van der Waals surface area contributed by atoms with Crippen molar-refractivity contribution in [2.24, 2.45) is 11.7 Å². The van der Waals surface area contributed by atoms with Crippen LogP contribution in [0.15, 0.2) is 24.3 Å². The van der Waals surface area contributed by atoms with E-state index in [1.165, 1.54) is 31.3 Å². The van der Waals surface area contributed by atoms with E-state index in [9.17, 15) is 29.1 Å². The fourth-order valence-corrected chi connectivity index (χ4v) is 2.69. The number of likely N-dealkylation sites (N-methyl/N-ethyl adjacent to an activating group) is 1. The minimum atomic E-state index is -1.53. The van der Waals surface area contributed by atoms with Crippen LogP contribution in [0.2, 0.25) is 0 Å². The van der Waals surface area contributed by atoms with Gasteiger partial charge in [-0.2, -0.15) is 0 Å². The number of rotatable bonds is 11. The highest BCUT2D eigenvalue weighted by molar-refractivity contribution is 5.99. The molecule has 0 heterocycles. The molecule has 32 heavy (non-hydrogen) atoms. The molecule has 12 heteroatoms. The first-order valence-corrected chi connectivity index (χ1v) is 9.57. The molecule has 0 saturated heterocycles. The quantitative estimate of drug-likeness (QED) is 0.186. The molecule has 0 saturated carbocycles. The van der Waals surface area contributed by atoms with Gasteiger partial charge < -0.3 is 31.5 Å². The Bertz CT molecular complexity index is 898. The molecule has 2 atom stereocenters. The van der Waals surface area contributed by atoms with Gasteiger partial charge in [-0.1, -0.05) is 26.0 Å². The van der Waals surface area contributed by atoms with Crippen molar-refractivity contribution >= 4 is 35.5 Å². The Labute approximate surface area is 184 Å². The molecule has 3 amide bonds. The van der Waals surface area contributed by atoms with E-state index in [0.29, 0.717) is 5.56 Å². The van der Waals surface area contributed by atoms with Gasteiger partial charge in [-0.15, -0.1) is 0 Å². The lowest BCUT2D eigenvalue weighted by atomic mass is 10.0. The number of nitrogen functional groups attached to an aromatic ring is 1. The third kappa shape index (κ3) is 7.70. The van der Waals surface area contributed by atoms with E-state index in [-0.39, 0.29) is 11.4 Å². The van der Waals surface area contributed by atoms with Gasteiger partial charge in [0.15, 0.2) is 0 Å². The lowest BCUT2D eigenvalue weighted by Gasteiger charge is -2.23. The van der Waals surface area contributed by atoms with Crippen LogP contribution in [0.25, 0.3) is 0 Å². The van der Waals surface area contributed by atoms with Crippen LogP contribution in [0, 0.1) is 11.3 Å². The number of carbonyl (C=O) groups is 5. The summed E-state index contributed by atoms with van der Waals surface area (Å²) in [6, 6.07) is 3.03. The van der Waals surface area contributed by atoms with Crippen molar-refractivity contribution in [2.75, 3.05) is 13.6 Å². The molecule has 0 bridgehead atoms. The van der Waals surface area contributed by atoms with Gasteiger partial charge in [0, 0.05) is 18.2 Å². The van der Waals surface area contributed by atoms with Gasteiger partial charge in [-0.25, -0.2) is 4.79 Å². The second-order valence-corrected chi connectivity index (χ2v) is 7.44. The highest BCUT2D eigenvalue weighted by Gasteiger charge is 2.30. The minimum absolute atomic E-state index is 0.165. The van der Waals surface area contributed by atoms with Gasteiger partial charge in [-0.05, 0) is 18.1 Å². The number of carboxylic acid groups (broad SMARTS) is 2. The number of benzene rings is 1. The van der Waals surface area contributed by atoms with Crippen LogP contribution in [-0.4, -0.2) is 76.3 Å². The molecule has 0 aliphatic rings. The Morgan fingerprint density at radius 2 is 1.56 bits per heavy atom. The molecular weight excluding hydrogens is 422 g/mol. The Morgan fingerprint density at radius 1 is 1.03 bits per heavy atom. The Morgan fingerprint density at radius 3 is 2.00 bits per heavy atom. The molecule has 0 spiro atoms. The fraction of sp³-hybridized carbons (Fsp3) is 0.400. The van der Waals surface area contributed by atoms with E-state index < -0.39 is 60.6 Å². The maximum Gasteiger partial charge on any atom is 0.326 e. The molecule has 0 aliphatic heterocycles. The number of nitrogens with zero attached hydrogens (tertiary/aromatic N) is 1. The molecule has 1 aromatic carbocycles. The number of carboxylic acids is 2. The summed E-state index contributed by atoms with van der Waals surface area (Å²) in [6.07, 6.45) is -0.772. The van der Waals surface area contributed by atoms with E-state index >= 15 is 0 Å². The third-order valence-corrected chi connectivity index (χ3v) is 4.43. The summed E-state index contributed by atoms with van der Waals surface area (Å²) in [5.41, 5.74) is 6.01. The molecule has 0 fully saturated rings. The Balaban J connectivity index is 2.83. The predicted octanol–water partition coefficient (Wildman–Crippen LogP) is -0.772. The van der Waals surface area contributed by atoms with E-state index in [4.69, 9.17) is 16.2 Å². The van der Waals surface area contributed by atoms with Crippen molar-refractivity contribution in [3.63, 3.8) is 0 Å². The van der Waals surface area contributed by atoms with Crippen LogP contribution in [-0.2, 0) is 19.2 Å². The average Bonchev–Trinajstić information content (AvgIpc) is 2.69. The van der Waals surface area contributed by atoms with E-state index in [1.54, 1.807) is 13.8 Å². The van der Waals surface area contributed by atoms with Crippen LogP contribution in [0.3, 0.4) is 0 Å². The first-order chi connectivity index (χ1) is 14.8. The van der Waals surface area contributed by atoms with E-state index in [1.807, 2.05) is 0 Å². The summed E-state index contributed by atoms with van der Waals surface area (Å²) in [5, 5.41) is 30.0. The molecule has 0 unspecified atom stereocenters. The van der Waals surface area contributed by atoms with Crippen molar-refractivity contribution in [3.8, 4) is 0 Å². The van der Waals surface area contributed by atoms with Crippen LogP contribution in [0.4, 0.5) is 0 Å². The monoisotopic (exact) mass is 449 g/mol. The zero-order chi connectivity index (χ0) is 24.6. The smallest absolute Gasteiger partial charge is 0.326 e. The van der Waals surface area contributed by atoms with Crippen molar-refractivity contribution in [1.82, 2.24) is 15.5 Å². The summed E-state index contributed by atoms with van der Waals surface area (Å²) in [5.74, 6) is -5.61. The number of amides is 3. The van der Waals surface area contributed by atoms with Gasteiger partial charge in [-0.3, -0.25) is 24.6 Å². The topological polar surface area (TPSA) is 203 Å². The normalized spacial score (nSPS) is 12.4. The highest BCUT2D eigenvalue weighted by Crippen LogP contribution is 2.07. The highest BCUT2D eigenvalue weighted by atomic mass is 16.4. The maximum atomic E-state index is 12.5. The zero-order valence-electron chi connectivity index (χ0n) is 17.9. The number of hydrogen-bond acceptors (Lipinski definition) is 6. The second-order valence-electron chi connectivity index (χ2n) is 7.44. The van der Waals surface area contributed by atoms with Crippen LogP contribution >= 0.6 is 0 Å².